The third-order valence-corrected chi connectivity index (χ3v) is 5.01. The Bertz CT molecular complexity index is 376. The largest absolute Gasteiger partial charge is 0.353 e. The molecule has 0 aliphatic carbocycles. The van der Waals surface area contributed by atoms with Gasteiger partial charge in [0.15, 0.2) is 0 Å². The SMILES string of the molecule is C[C@@H]1CCC(=O)N1CC(=O)NCCN1[C@H](C)CCC[C@H]1C. The Hall–Kier alpha value is -1.10. The van der Waals surface area contributed by atoms with Crippen molar-refractivity contribution < 1.29 is 9.59 Å². The van der Waals surface area contributed by atoms with Gasteiger partial charge in [0.25, 0.3) is 0 Å². The van der Waals surface area contributed by atoms with Crippen LogP contribution in [0.15, 0.2) is 0 Å². The Balaban J connectivity index is 1.70. The molecule has 0 bridgehead atoms. The quantitative estimate of drug-likeness (QED) is 0.833. The average Bonchev–Trinajstić information content (AvgIpc) is 2.74. The Morgan fingerprint density at radius 1 is 1.14 bits per heavy atom. The van der Waals surface area contributed by atoms with Gasteiger partial charge in [0.2, 0.25) is 11.8 Å². The van der Waals surface area contributed by atoms with E-state index in [4.69, 9.17) is 0 Å². The zero-order chi connectivity index (χ0) is 15.4. The van der Waals surface area contributed by atoms with Crippen LogP contribution in [0.4, 0.5) is 0 Å². The molecule has 0 unspecified atom stereocenters. The van der Waals surface area contributed by atoms with Gasteiger partial charge in [-0.25, -0.2) is 0 Å². The maximum atomic E-state index is 12.0. The lowest BCUT2D eigenvalue weighted by Crippen LogP contribution is -2.48. The minimum absolute atomic E-state index is 0.0329. The Morgan fingerprint density at radius 3 is 2.38 bits per heavy atom. The van der Waals surface area contributed by atoms with E-state index in [0.29, 0.717) is 25.0 Å². The van der Waals surface area contributed by atoms with Gasteiger partial charge >= 0.3 is 0 Å². The average molecular weight is 295 g/mol. The van der Waals surface area contributed by atoms with Gasteiger partial charge in [0.1, 0.15) is 0 Å². The summed E-state index contributed by atoms with van der Waals surface area (Å²) in [5, 5.41) is 2.96. The second-order valence-electron chi connectivity index (χ2n) is 6.63. The van der Waals surface area contributed by atoms with Crippen LogP contribution in [0.3, 0.4) is 0 Å². The number of rotatable bonds is 5. The van der Waals surface area contributed by atoms with Crippen LogP contribution in [0.5, 0.6) is 0 Å². The van der Waals surface area contributed by atoms with Crippen molar-refractivity contribution in [1.29, 1.82) is 0 Å². The third kappa shape index (κ3) is 4.19. The lowest BCUT2D eigenvalue weighted by Gasteiger charge is -2.39. The van der Waals surface area contributed by atoms with Crippen molar-refractivity contribution in [2.24, 2.45) is 0 Å². The first kappa shape index (κ1) is 16.3. The number of nitrogens with zero attached hydrogens (tertiary/aromatic N) is 2. The zero-order valence-corrected chi connectivity index (χ0v) is 13.6. The van der Waals surface area contributed by atoms with Crippen molar-refractivity contribution >= 4 is 11.8 Å². The van der Waals surface area contributed by atoms with Crippen molar-refractivity contribution in [2.45, 2.75) is 71.0 Å². The number of likely N-dealkylation sites (tertiary alicyclic amines) is 2. The van der Waals surface area contributed by atoms with Gasteiger partial charge in [-0.3, -0.25) is 14.5 Å². The molecule has 0 aromatic carbocycles. The second kappa shape index (κ2) is 7.25. The van der Waals surface area contributed by atoms with Gasteiger partial charge in [-0.15, -0.1) is 0 Å². The molecular weight excluding hydrogens is 266 g/mol. The number of carbonyl (C=O) groups excluding carboxylic acids is 2. The first-order valence-electron chi connectivity index (χ1n) is 8.31. The molecule has 2 fully saturated rings. The van der Waals surface area contributed by atoms with E-state index in [1.54, 1.807) is 4.90 Å². The lowest BCUT2D eigenvalue weighted by atomic mass is 9.98. The number of piperidine rings is 1. The first-order chi connectivity index (χ1) is 9.99. The summed E-state index contributed by atoms with van der Waals surface area (Å²) < 4.78 is 0. The molecule has 0 spiro atoms. The second-order valence-corrected chi connectivity index (χ2v) is 6.63. The van der Waals surface area contributed by atoms with Crippen LogP contribution in [-0.4, -0.2) is 59.4 Å². The van der Waals surface area contributed by atoms with E-state index in [-0.39, 0.29) is 24.4 Å². The number of nitrogens with one attached hydrogen (secondary N) is 1. The number of hydrogen-bond acceptors (Lipinski definition) is 3. The highest BCUT2D eigenvalue weighted by atomic mass is 16.2. The Kier molecular flexibility index (Phi) is 5.62. The lowest BCUT2D eigenvalue weighted by molar-refractivity contribution is -0.134. The van der Waals surface area contributed by atoms with Crippen molar-refractivity contribution in [3.63, 3.8) is 0 Å². The standard InChI is InChI=1S/C16H29N3O2/c1-12-5-4-6-13(2)18(12)10-9-17-15(20)11-19-14(3)7-8-16(19)21/h12-14H,4-11H2,1-3H3,(H,17,20)/t12-,13-,14-/m1/s1. The van der Waals surface area contributed by atoms with Crippen molar-refractivity contribution in [3.8, 4) is 0 Å². The molecule has 3 atom stereocenters. The predicted molar refractivity (Wildman–Crippen MR) is 82.9 cm³/mol. The monoisotopic (exact) mass is 295 g/mol. The minimum Gasteiger partial charge on any atom is -0.353 e. The highest BCUT2D eigenvalue weighted by Gasteiger charge is 2.29. The first-order valence-corrected chi connectivity index (χ1v) is 8.31. The molecule has 5 nitrogen and oxygen atoms in total. The predicted octanol–water partition coefficient (Wildman–Crippen LogP) is 1.38. The Labute approximate surface area is 128 Å². The van der Waals surface area contributed by atoms with Crippen molar-refractivity contribution in [3.05, 3.63) is 0 Å². The summed E-state index contributed by atoms with van der Waals surface area (Å²) >= 11 is 0. The molecule has 21 heavy (non-hydrogen) atoms. The molecule has 0 saturated carbocycles. The fourth-order valence-electron chi connectivity index (χ4n) is 3.57. The van der Waals surface area contributed by atoms with Crippen LogP contribution in [0.1, 0.15) is 52.9 Å². The summed E-state index contributed by atoms with van der Waals surface area (Å²) in [4.78, 5) is 27.8. The van der Waals surface area contributed by atoms with Gasteiger partial charge in [-0.05, 0) is 40.0 Å². The number of amides is 2. The molecule has 2 aliphatic heterocycles. The minimum atomic E-state index is -0.0329. The third-order valence-electron chi connectivity index (χ3n) is 5.01. The smallest absolute Gasteiger partial charge is 0.239 e. The molecule has 0 aromatic rings. The molecule has 1 N–H and O–H groups in total. The molecule has 2 aliphatic rings. The summed E-state index contributed by atoms with van der Waals surface area (Å²) in [5.74, 6) is 0.0744. The topological polar surface area (TPSA) is 52.7 Å². The van der Waals surface area contributed by atoms with E-state index in [1.165, 1.54) is 19.3 Å². The van der Waals surface area contributed by atoms with E-state index in [1.807, 2.05) is 6.92 Å². The molecule has 2 amide bonds. The van der Waals surface area contributed by atoms with E-state index >= 15 is 0 Å². The molecule has 2 saturated heterocycles. The van der Waals surface area contributed by atoms with Gasteiger partial charge in [-0.2, -0.15) is 0 Å². The number of hydrogen-bond donors (Lipinski definition) is 1. The van der Waals surface area contributed by atoms with Crippen molar-refractivity contribution in [1.82, 2.24) is 15.1 Å². The van der Waals surface area contributed by atoms with E-state index in [0.717, 1.165) is 13.0 Å². The number of carbonyl (C=O) groups is 2. The van der Waals surface area contributed by atoms with Crippen molar-refractivity contribution in [2.75, 3.05) is 19.6 Å². The molecule has 120 valence electrons. The maximum Gasteiger partial charge on any atom is 0.239 e. The summed E-state index contributed by atoms with van der Waals surface area (Å²) in [6, 6.07) is 1.40. The van der Waals surface area contributed by atoms with Gasteiger partial charge in [-0.1, -0.05) is 6.42 Å². The Morgan fingerprint density at radius 2 is 1.81 bits per heavy atom. The van der Waals surface area contributed by atoms with Crippen LogP contribution in [0.25, 0.3) is 0 Å². The molecule has 0 aromatic heterocycles. The molecule has 2 heterocycles. The summed E-state index contributed by atoms with van der Waals surface area (Å²) in [6.07, 6.45) is 5.25. The highest BCUT2D eigenvalue weighted by Crippen LogP contribution is 2.21. The molecule has 5 heteroatoms. The molecule has 0 radical (unpaired) electrons. The molecular formula is C16H29N3O2. The normalized spacial score (nSPS) is 30.7. The maximum absolute atomic E-state index is 12.0. The van der Waals surface area contributed by atoms with Crippen LogP contribution in [-0.2, 0) is 9.59 Å². The van der Waals surface area contributed by atoms with Crippen LogP contribution < -0.4 is 5.32 Å². The van der Waals surface area contributed by atoms with Crippen LogP contribution in [0.2, 0.25) is 0 Å². The van der Waals surface area contributed by atoms with E-state index in [2.05, 4.69) is 24.1 Å². The van der Waals surface area contributed by atoms with E-state index < -0.39 is 0 Å². The fraction of sp³-hybridized carbons (Fsp3) is 0.875. The van der Waals surface area contributed by atoms with Crippen LogP contribution >= 0.6 is 0 Å². The van der Waals surface area contributed by atoms with Gasteiger partial charge in [0, 0.05) is 37.6 Å². The highest BCUT2D eigenvalue weighted by molar-refractivity contribution is 5.86. The van der Waals surface area contributed by atoms with Gasteiger partial charge in [0.05, 0.1) is 6.54 Å². The van der Waals surface area contributed by atoms with Gasteiger partial charge < -0.3 is 10.2 Å². The summed E-state index contributed by atoms with van der Waals surface area (Å²) in [6.45, 7) is 8.33. The zero-order valence-electron chi connectivity index (χ0n) is 13.6. The molecule has 2 rings (SSSR count). The van der Waals surface area contributed by atoms with Crippen LogP contribution in [0, 0.1) is 0 Å². The summed E-state index contributed by atoms with van der Waals surface area (Å²) in [5.41, 5.74) is 0. The van der Waals surface area contributed by atoms with E-state index in [9.17, 15) is 9.59 Å². The fourth-order valence-corrected chi connectivity index (χ4v) is 3.57. The summed E-state index contributed by atoms with van der Waals surface area (Å²) in [7, 11) is 0.